The lowest BCUT2D eigenvalue weighted by atomic mass is 10.1. The highest BCUT2D eigenvalue weighted by molar-refractivity contribution is 5.92. The van der Waals surface area contributed by atoms with Gasteiger partial charge in [0.25, 0.3) is 5.91 Å². The number of hydrogen-bond donors (Lipinski definition) is 1. The molecule has 0 unspecified atom stereocenters. The molecule has 2 heterocycles. The van der Waals surface area contributed by atoms with Gasteiger partial charge < -0.3 is 10.0 Å². The molecule has 0 spiro atoms. The number of carbonyl (C=O) groups excluding carboxylic acids is 1. The fourth-order valence-electron chi connectivity index (χ4n) is 2.41. The Balaban J connectivity index is 2.02. The van der Waals surface area contributed by atoms with E-state index in [-0.39, 0.29) is 5.91 Å². The van der Waals surface area contributed by atoms with Crippen molar-refractivity contribution in [3.63, 3.8) is 0 Å². The molecule has 1 N–H and O–H groups in total. The first-order valence-corrected chi connectivity index (χ1v) is 7.33. The summed E-state index contributed by atoms with van der Waals surface area (Å²) in [7, 11) is 0. The highest BCUT2D eigenvalue weighted by atomic mass is 16.4. The minimum absolute atomic E-state index is 0.0364. The Morgan fingerprint density at radius 2 is 1.76 bits per heavy atom. The molecule has 2 rings (SSSR count). The van der Waals surface area contributed by atoms with Crippen molar-refractivity contribution in [3.8, 4) is 0 Å². The van der Waals surface area contributed by atoms with Gasteiger partial charge >= 0.3 is 5.97 Å². The molecule has 112 valence electrons. The van der Waals surface area contributed by atoms with E-state index >= 15 is 0 Å². The van der Waals surface area contributed by atoms with Crippen LogP contribution in [0.25, 0.3) is 6.08 Å². The van der Waals surface area contributed by atoms with E-state index < -0.39 is 5.97 Å². The molecule has 0 aliphatic carbocycles. The summed E-state index contributed by atoms with van der Waals surface area (Å²) in [6.45, 7) is 1.59. The fourth-order valence-corrected chi connectivity index (χ4v) is 2.41. The molecule has 0 atom stereocenters. The van der Waals surface area contributed by atoms with Crippen molar-refractivity contribution < 1.29 is 14.7 Å². The van der Waals surface area contributed by atoms with Crippen LogP contribution in [0.4, 0.5) is 0 Å². The summed E-state index contributed by atoms with van der Waals surface area (Å²) in [5, 5.41) is 8.57. The maximum Gasteiger partial charge on any atom is 0.328 e. The van der Waals surface area contributed by atoms with Crippen molar-refractivity contribution in [2.75, 3.05) is 13.1 Å². The molecule has 1 saturated heterocycles. The topological polar surface area (TPSA) is 70.5 Å². The average Bonchev–Trinajstić information content (AvgIpc) is 2.45. The van der Waals surface area contributed by atoms with Crippen LogP contribution in [0.1, 0.15) is 48.2 Å². The van der Waals surface area contributed by atoms with Gasteiger partial charge in [-0.2, -0.15) is 0 Å². The van der Waals surface area contributed by atoms with Crippen molar-refractivity contribution in [2.24, 2.45) is 0 Å². The van der Waals surface area contributed by atoms with E-state index in [9.17, 15) is 9.59 Å². The molecule has 1 amide bonds. The quantitative estimate of drug-likeness (QED) is 0.868. The van der Waals surface area contributed by atoms with E-state index in [1.165, 1.54) is 31.5 Å². The minimum atomic E-state index is -1.00. The van der Waals surface area contributed by atoms with Crippen molar-refractivity contribution in [2.45, 2.75) is 32.1 Å². The molecule has 5 heteroatoms. The smallest absolute Gasteiger partial charge is 0.328 e. The van der Waals surface area contributed by atoms with Gasteiger partial charge in [-0.05, 0) is 30.5 Å². The number of likely N-dealkylation sites (tertiary alicyclic amines) is 1. The van der Waals surface area contributed by atoms with Crippen LogP contribution in [0, 0.1) is 0 Å². The predicted octanol–water partition coefficient (Wildman–Crippen LogP) is 2.59. The van der Waals surface area contributed by atoms with Gasteiger partial charge in [0.05, 0.1) is 0 Å². The van der Waals surface area contributed by atoms with Crippen molar-refractivity contribution >= 4 is 18.0 Å². The zero-order valence-corrected chi connectivity index (χ0v) is 12.0. The fraction of sp³-hybridized carbons (Fsp3) is 0.438. The Bertz CT molecular complexity index is 515. The molecule has 5 nitrogen and oxygen atoms in total. The lowest BCUT2D eigenvalue weighted by Gasteiger charge is -2.24. The van der Waals surface area contributed by atoms with Gasteiger partial charge in [0, 0.05) is 25.4 Å². The average molecular weight is 288 g/mol. The zero-order valence-electron chi connectivity index (χ0n) is 12.0. The number of carboxylic acids is 1. The second kappa shape index (κ2) is 7.57. The number of nitrogens with zero attached hydrogens (tertiary/aromatic N) is 2. The first-order valence-electron chi connectivity index (χ1n) is 7.33. The summed E-state index contributed by atoms with van der Waals surface area (Å²) < 4.78 is 0. The molecule has 1 aromatic heterocycles. The van der Waals surface area contributed by atoms with E-state index in [1.807, 2.05) is 4.90 Å². The van der Waals surface area contributed by atoms with Crippen LogP contribution in [-0.2, 0) is 4.79 Å². The summed E-state index contributed by atoms with van der Waals surface area (Å²) >= 11 is 0. The molecular formula is C16H20N2O3. The van der Waals surface area contributed by atoms with E-state index in [4.69, 9.17) is 5.11 Å². The molecule has 1 aliphatic rings. The summed E-state index contributed by atoms with van der Waals surface area (Å²) in [5.41, 5.74) is 1.09. The number of pyridine rings is 1. The third kappa shape index (κ3) is 4.70. The number of rotatable bonds is 3. The Kier molecular flexibility index (Phi) is 5.49. The van der Waals surface area contributed by atoms with Gasteiger partial charge in [-0.15, -0.1) is 0 Å². The summed E-state index contributed by atoms with van der Waals surface area (Å²) in [6.07, 6.45) is 9.74. The maximum absolute atomic E-state index is 12.4. The Morgan fingerprint density at radius 1 is 1.10 bits per heavy atom. The Morgan fingerprint density at radius 3 is 2.33 bits per heavy atom. The summed E-state index contributed by atoms with van der Waals surface area (Å²) in [4.78, 5) is 28.9. The normalized spacial score (nSPS) is 16.5. The number of carbonyl (C=O) groups is 2. The maximum atomic E-state index is 12.4. The number of hydrogen-bond acceptors (Lipinski definition) is 3. The molecule has 0 radical (unpaired) electrons. The molecule has 1 aromatic rings. The van der Waals surface area contributed by atoms with E-state index in [0.29, 0.717) is 11.3 Å². The molecule has 0 aromatic carbocycles. The first kappa shape index (κ1) is 15.2. The number of aliphatic carboxylic acids is 1. The number of carboxylic acid groups (broad SMARTS) is 1. The van der Waals surface area contributed by atoms with Crippen molar-refractivity contribution in [3.05, 3.63) is 35.7 Å². The third-order valence-electron chi connectivity index (χ3n) is 3.57. The van der Waals surface area contributed by atoms with Gasteiger partial charge in [0.2, 0.25) is 0 Å². The van der Waals surface area contributed by atoms with Gasteiger partial charge in [-0.25, -0.2) is 4.79 Å². The van der Waals surface area contributed by atoms with E-state index in [0.717, 1.165) is 32.0 Å². The van der Waals surface area contributed by atoms with Crippen LogP contribution in [0.3, 0.4) is 0 Å². The van der Waals surface area contributed by atoms with E-state index in [2.05, 4.69) is 4.98 Å². The molecular weight excluding hydrogens is 268 g/mol. The second-order valence-corrected chi connectivity index (χ2v) is 5.21. The minimum Gasteiger partial charge on any atom is -0.478 e. The van der Waals surface area contributed by atoms with Crippen LogP contribution in [-0.4, -0.2) is 40.0 Å². The van der Waals surface area contributed by atoms with Crippen molar-refractivity contribution in [1.29, 1.82) is 0 Å². The summed E-state index contributed by atoms with van der Waals surface area (Å²) in [6, 6.07) is 3.37. The van der Waals surface area contributed by atoms with Gasteiger partial charge in [0.1, 0.15) is 5.69 Å². The number of aromatic nitrogens is 1. The van der Waals surface area contributed by atoms with Crippen LogP contribution < -0.4 is 0 Å². The highest BCUT2D eigenvalue weighted by Gasteiger charge is 2.17. The van der Waals surface area contributed by atoms with Gasteiger partial charge in [-0.1, -0.05) is 25.3 Å². The second-order valence-electron chi connectivity index (χ2n) is 5.21. The monoisotopic (exact) mass is 288 g/mol. The van der Waals surface area contributed by atoms with Crippen LogP contribution in [0.2, 0.25) is 0 Å². The molecule has 1 fully saturated rings. The lowest BCUT2D eigenvalue weighted by molar-refractivity contribution is -0.131. The molecule has 1 aliphatic heterocycles. The van der Waals surface area contributed by atoms with Crippen LogP contribution in [0.15, 0.2) is 24.4 Å². The molecule has 21 heavy (non-hydrogen) atoms. The zero-order chi connectivity index (χ0) is 15.1. The van der Waals surface area contributed by atoms with Crippen molar-refractivity contribution in [1.82, 2.24) is 9.88 Å². The standard InChI is InChI=1S/C16H20N2O3/c19-15(20)9-7-13-6-8-14(17-12-13)16(21)18-10-4-2-1-3-5-11-18/h6-9,12H,1-5,10-11H2,(H,19,20). The van der Waals surface area contributed by atoms with Gasteiger partial charge in [-0.3, -0.25) is 9.78 Å². The van der Waals surface area contributed by atoms with Gasteiger partial charge in [0.15, 0.2) is 0 Å². The predicted molar refractivity (Wildman–Crippen MR) is 79.9 cm³/mol. The third-order valence-corrected chi connectivity index (χ3v) is 3.57. The van der Waals surface area contributed by atoms with Crippen LogP contribution in [0.5, 0.6) is 0 Å². The lowest BCUT2D eigenvalue weighted by Crippen LogP contribution is -2.34. The highest BCUT2D eigenvalue weighted by Crippen LogP contribution is 2.13. The molecule has 0 saturated carbocycles. The summed E-state index contributed by atoms with van der Waals surface area (Å²) in [5.74, 6) is -1.04. The molecule has 0 bridgehead atoms. The van der Waals surface area contributed by atoms with Crippen LogP contribution >= 0.6 is 0 Å². The Labute approximate surface area is 124 Å². The largest absolute Gasteiger partial charge is 0.478 e. The number of amides is 1. The van der Waals surface area contributed by atoms with E-state index in [1.54, 1.807) is 12.1 Å². The Hall–Kier alpha value is -2.17. The first-order chi connectivity index (χ1) is 10.2. The SMILES string of the molecule is O=C(O)C=Cc1ccc(C(=O)N2CCCCCCC2)nc1.